The minimum absolute atomic E-state index is 0.0433. The average molecular weight is 1250 g/mol. The molecular formula is C40H22BBr4Cl4F8N4O4. The Morgan fingerprint density at radius 2 is 0.954 bits per heavy atom. The van der Waals surface area contributed by atoms with Crippen LogP contribution >= 0.6 is 110 Å². The van der Waals surface area contributed by atoms with Crippen LogP contribution in [0, 0.1) is 11.6 Å². The highest BCUT2D eigenvalue weighted by Crippen LogP contribution is 2.53. The Morgan fingerprint density at radius 3 is 1.29 bits per heavy atom. The summed E-state index contributed by atoms with van der Waals surface area (Å²) in [6.45, 7) is -0.846. The normalized spacial score (nSPS) is 11.8. The second kappa shape index (κ2) is 21.9. The summed E-state index contributed by atoms with van der Waals surface area (Å²) in [6, 6.07) is 15.0. The van der Waals surface area contributed by atoms with Gasteiger partial charge in [-0.15, -0.1) is 0 Å². The lowest BCUT2D eigenvalue weighted by Gasteiger charge is -2.29. The Labute approximate surface area is 418 Å². The van der Waals surface area contributed by atoms with Crippen molar-refractivity contribution in [2.45, 2.75) is 25.2 Å². The van der Waals surface area contributed by atoms with E-state index in [1.165, 1.54) is 60.9 Å². The predicted molar refractivity (Wildman–Crippen MR) is 246 cm³/mol. The molecule has 0 spiro atoms. The molecule has 65 heavy (non-hydrogen) atoms. The Balaban J connectivity index is 1.37. The number of anilines is 4. The Morgan fingerprint density at radius 1 is 0.569 bits per heavy atom. The first-order chi connectivity index (χ1) is 30.7. The van der Waals surface area contributed by atoms with E-state index in [0.717, 1.165) is 34.4 Å². The van der Waals surface area contributed by atoms with Gasteiger partial charge in [0.25, 0.3) is 0 Å². The van der Waals surface area contributed by atoms with Gasteiger partial charge in [0, 0.05) is 44.2 Å². The van der Waals surface area contributed by atoms with Crippen LogP contribution < -0.4 is 19.4 Å². The average Bonchev–Trinajstić information content (AvgIpc) is 3.25. The third-order valence-electron chi connectivity index (χ3n) is 8.78. The van der Waals surface area contributed by atoms with Crippen LogP contribution in [-0.4, -0.2) is 30.9 Å². The van der Waals surface area contributed by atoms with Gasteiger partial charge < -0.3 is 9.31 Å². The highest BCUT2D eigenvalue weighted by Gasteiger charge is 2.44. The fraction of sp³-hybridized carbons (Fsp3) is 0.150. The number of hydrogen-bond donors (Lipinski definition) is 0. The Kier molecular flexibility index (Phi) is 17.3. The highest BCUT2D eigenvalue weighted by molar-refractivity contribution is 9.13. The molecule has 6 rings (SSSR count). The second-order valence-corrected chi connectivity index (χ2v) is 17.8. The van der Waals surface area contributed by atoms with E-state index in [1.807, 2.05) is 0 Å². The number of aromatic nitrogens is 2. The van der Waals surface area contributed by atoms with Crippen molar-refractivity contribution in [3.05, 3.63) is 157 Å². The summed E-state index contributed by atoms with van der Waals surface area (Å²) >= 11 is 37.5. The number of benzene rings is 4. The van der Waals surface area contributed by atoms with Crippen molar-refractivity contribution in [1.82, 2.24) is 9.97 Å². The van der Waals surface area contributed by atoms with Gasteiger partial charge in [0.2, 0.25) is 0 Å². The molecule has 0 saturated carbocycles. The molecule has 6 aromatic rings. The molecule has 8 nitrogen and oxygen atoms in total. The van der Waals surface area contributed by atoms with Crippen molar-refractivity contribution in [2.75, 3.05) is 23.3 Å². The fourth-order valence-electron chi connectivity index (χ4n) is 5.94. The molecule has 0 unspecified atom stereocenters. The van der Waals surface area contributed by atoms with Crippen molar-refractivity contribution in [2.24, 2.45) is 0 Å². The predicted octanol–water partition coefficient (Wildman–Crippen LogP) is 16.1. The van der Waals surface area contributed by atoms with E-state index in [2.05, 4.69) is 73.7 Å². The van der Waals surface area contributed by atoms with Crippen LogP contribution in [0.5, 0.6) is 11.5 Å². The van der Waals surface area contributed by atoms with Crippen LogP contribution in [-0.2, 0) is 34.9 Å². The van der Waals surface area contributed by atoms with Gasteiger partial charge >= 0.3 is 20.0 Å². The van der Waals surface area contributed by atoms with Crippen LogP contribution in [0.1, 0.15) is 22.3 Å². The molecule has 0 N–H and O–H groups in total. The fourth-order valence-corrected chi connectivity index (χ4v) is 8.79. The van der Waals surface area contributed by atoms with Crippen LogP contribution in [0.3, 0.4) is 0 Å². The van der Waals surface area contributed by atoms with Crippen molar-refractivity contribution in [1.29, 1.82) is 0 Å². The van der Waals surface area contributed by atoms with Crippen molar-refractivity contribution >= 4 is 141 Å². The van der Waals surface area contributed by atoms with E-state index in [0.29, 0.717) is 0 Å². The maximum Gasteiger partial charge on any atom is 0.658 e. The molecule has 0 aliphatic heterocycles. The molecule has 0 bridgehead atoms. The van der Waals surface area contributed by atoms with Crippen LogP contribution in [0.15, 0.2) is 103 Å². The molecule has 4 aromatic carbocycles. The molecule has 25 heteroatoms. The number of hydrogen-bond acceptors (Lipinski definition) is 8. The summed E-state index contributed by atoms with van der Waals surface area (Å²) in [5.74, 6) is -3.84. The SMILES string of the molecule is Fc1ccc(Cl)c(CCON(c2ccccn2)c2c(Br)c(Br)cc(O[B]Oc3cc(Br)c(Br)c(N(OCCc4c(Cl)ccc(F)c4Cl)c4ccccn4)c3C(F)(F)F)c2C(F)(F)F)c1Cl. The Hall–Kier alpha value is -3.12. The van der Waals surface area contributed by atoms with Gasteiger partial charge in [-0.1, -0.05) is 58.5 Å². The van der Waals surface area contributed by atoms with E-state index in [4.69, 9.17) is 65.4 Å². The van der Waals surface area contributed by atoms with Gasteiger partial charge in [0.05, 0.1) is 32.2 Å². The molecule has 341 valence electrons. The first-order valence-electron chi connectivity index (χ1n) is 18.0. The lowest BCUT2D eigenvalue weighted by molar-refractivity contribution is -0.138. The summed E-state index contributed by atoms with van der Waals surface area (Å²) in [7, 11) is 0.267. The first-order valence-corrected chi connectivity index (χ1v) is 22.6. The minimum atomic E-state index is -5.25. The van der Waals surface area contributed by atoms with Crippen molar-refractivity contribution in [3.63, 3.8) is 0 Å². The first kappa shape index (κ1) is 51.3. The van der Waals surface area contributed by atoms with Crippen LogP contribution in [0.25, 0.3) is 0 Å². The lowest BCUT2D eigenvalue weighted by Crippen LogP contribution is -2.26. The third-order valence-corrected chi connectivity index (χ3v) is 14.2. The molecule has 0 aliphatic rings. The lowest BCUT2D eigenvalue weighted by atomic mass is 10.1. The largest absolute Gasteiger partial charge is 0.658 e. The molecule has 0 atom stereocenters. The van der Waals surface area contributed by atoms with Crippen molar-refractivity contribution < 1.29 is 54.1 Å². The Bertz CT molecular complexity index is 2510. The number of pyridine rings is 2. The standard InChI is InChI=1S/C40H22BBr4Cl4F8N4O4/c42-21-17-27(31(39(52,53)54)37(33(21)44)60(29-5-1-3-13-58-29)62-15-11-19-23(46)7-9-25(50)35(19)48)64-41-65-28-18-22(43)34(45)38(32(28)40(55,56)57)61(30-6-2-4-14-59-30)63-16-12-20-24(47)8-10-26(51)36(20)49/h1-10,13-14,17-18H,11-12,15-16H2. The zero-order valence-electron chi connectivity index (χ0n) is 32.0. The number of alkyl halides is 6. The summed E-state index contributed by atoms with van der Waals surface area (Å²) in [5.41, 5.74) is -4.21. The van der Waals surface area contributed by atoms with E-state index < -0.39 is 71.2 Å². The monoisotopic (exact) mass is 1240 g/mol. The summed E-state index contributed by atoms with van der Waals surface area (Å²) < 4.78 is 131. The van der Waals surface area contributed by atoms with Crippen LogP contribution in [0.2, 0.25) is 20.1 Å². The van der Waals surface area contributed by atoms with Gasteiger partial charge in [-0.25, -0.2) is 28.9 Å². The molecule has 0 saturated heterocycles. The van der Waals surface area contributed by atoms with Gasteiger partial charge in [0.1, 0.15) is 45.6 Å². The molecule has 0 aliphatic carbocycles. The van der Waals surface area contributed by atoms with Gasteiger partial charge in [-0.05, 0) is 136 Å². The summed E-state index contributed by atoms with van der Waals surface area (Å²) in [6.07, 6.45) is -8.30. The molecule has 0 fully saturated rings. The molecular weight excluding hydrogens is 1220 g/mol. The third kappa shape index (κ3) is 12.0. The summed E-state index contributed by atoms with van der Waals surface area (Å²) in [4.78, 5) is 20.1. The number of nitrogens with zero attached hydrogens (tertiary/aromatic N) is 4. The van der Waals surface area contributed by atoms with Gasteiger partial charge in [-0.3, -0.25) is 9.68 Å². The van der Waals surface area contributed by atoms with Crippen molar-refractivity contribution in [3.8, 4) is 11.5 Å². The summed E-state index contributed by atoms with van der Waals surface area (Å²) in [5, 5.41) is 0.973. The quantitative estimate of drug-likeness (QED) is 0.0411. The molecule has 1 radical (unpaired) electrons. The number of rotatable bonds is 16. The zero-order chi connectivity index (χ0) is 47.4. The molecule has 0 amide bonds. The molecule has 2 heterocycles. The maximum absolute atomic E-state index is 15.3. The smallest absolute Gasteiger partial charge is 0.526 e. The minimum Gasteiger partial charge on any atom is -0.526 e. The van der Waals surface area contributed by atoms with Gasteiger partial charge in [0.15, 0.2) is 11.6 Å². The van der Waals surface area contributed by atoms with Gasteiger partial charge in [-0.2, -0.15) is 26.3 Å². The van der Waals surface area contributed by atoms with E-state index >= 15 is 26.3 Å². The van der Waals surface area contributed by atoms with E-state index in [9.17, 15) is 8.78 Å². The highest BCUT2D eigenvalue weighted by atomic mass is 79.9. The zero-order valence-corrected chi connectivity index (χ0v) is 41.3. The maximum atomic E-state index is 15.3. The number of halogens is 16. The van der Waals surface area contributed by atoms with E-state index in [1.54, 1.807) is 0 Å². The second-order valence-electron chi connectivity index (χ2n) is 12.9. The van der Waals surface area contributed by atoms with Crippen LogP contribution in [0.4, 0.5) is 58.1 Å². The van der Waals surface area contributed by atoms with E-state index in [-0.39, 0.29) is 81.3 Å². The topological polar surface area (TPSA) is 69.2 Å². The molecule has 2 aromatic heterocycles.